The predicted molar refractivity (Wildman–Crippen MR) is 106 cm³/mol. The van der Waals surface area contributed by atoms with Crippen LogP contribution in [-0.4, -0.2) is 31.5 Å². The number of fused-ring (bicyclic) bond motifs is 1. The van der Waals surface area contributed by atoms with Crippen LogP contribution in [0.4, 0.5) is 0 Å². The first kappa shape index (κ1) is 17.6. The maximum Gasteiger partial charge on any atom is 0.336 e. The number of nitrogens with zero attached hydrogens (tertiary/aromatic N) is 3. The second kappa shape index (κ2) is 6.74. The maximum absolute atomic E-state index is 12.4. The molecule has 0 atom stereocenters. The van der Waals surface area contributed by atoms with Crippen LogP contribution in [0.3, 0.4) is 0 Å². The molecule has 138 valence electrons. The lowest BCUT2D eigenvalue weighted by molar-refractivity contribution is 0.0697. The minimum absolute atomic E-state index is 0.101. The number of carbonyl (C=O) groups is 2. The molecule has 6 nitrogen and oxygen atoms in total. The van der Waals surface area contributed by atoms with Crippen LogP contribution < -0.4 is 0 Å². The Labute approximate surface area is 161 Å². The number of hydrogen-bond acceptors (Lipinski definition) is 4. The first-order valence-corrected chi connectivity index (χ1v) is 8.77. The Morgan fingerprint density at radius 1 is 1.00 bits per heavy atom. The molecule has 4 aromatic rings. The SMILES string of the molecule is CC(=O)c1c(-c2ccccc2C(=O)O)nc2cc(-c3ccccc3)nn2c1C. The molecular weight excluding hydrogens is 354 g/mol. The Kier molecular flexibility index (Phi) is 4.24. The van der Waals surface area contributed by atoms with Crippen LogP contribution in [0.2, 0.25) is 0 Å². The number of aromatic nitrogens is 3. The molecule has 0 spiro atoms. The minimum atomic E-state index is -1.07. The van der Waals surface area contributed by atoms with Crippen molar-refractivity contribution in [3.8, 4) is 22.5 Å². The van der Waals surface area contributed by atoms with Gasteiger partial charge in [-0.1, -0.05) is 48.5 Å². The second-order valence-electron chi connectivity index (χ2n) is 6.49. The fourth-order valence-corrected chi connectivity index (χ4v) is 3.39. The van der Waals surface area contributed by atoms with E-state index in [1.807, 2.05) is 36.4 Å². The van der Waals surface area contributed by atoms with Crippen molar-refractivity contribution in [2.45, 2.75) is 13.8 Å². The first-order chi connectivity index (χ1) is 13.5. The standard InChI is InChI=1S/C22H17N3O3/c1-13-20(14(2)26)21(16-10-6-7-11-17(16)22(27)28)23-19-12-18(24-25(13)19)15-8-4-3-5-9-15/h3-12H,1-2H3,(H,27,28). The maximum atomic E-state index is 12.4. The van der Waals surface area contributed by atoms with Gasteiger partial charge in [0.05, 0.1) is 28.2 Å². The van der Waals surface area contributed by atoms with Gasteiger partial charge in [-0.25, -0.2) is 14.3 Å². The molecule has 0 saturated carbocycles. The van der Waals surface area contributed by atoms with Crippen molar-refractivity contribution in [1.82, 2.24) is 14.6 Å². The van der Waals surface area contributed by atoms with E-state index >= 15 is 0 Å². The number of rotatable bonds is 4. The zero-order chi connectivity index (χ0) is 19.8. The summed E-state index contributed by atoms with van der Waals surface area (Å²) >= 11 is 0. The van der Waals surface area contributed by atoms with Crippen LogP contribution >= 0.6 is 0 Å². The van der Waals surface area contributed by atoms with E-state index in [2.05, 4.69) is 10.1 Å². The summed E-state index contributed by atoms with van der Waals surface area (Å²) in [7, 11) is 0. The fourth-order valence-electron chi connectivity index (χ4n) is 3.39. The molecule has 0 bridgehead atoms. The Balaban J connectivity index is 2.03. The number of aromatic carboxylic acids is 1. The number of hydrogen-bond donors (Lipinski definition) is 1. The van der Waals surface area contributed by atoms with Crippen LogP contribution in [-0.2, 0) is 0 Å². The zero-order valence-electron chi connectivity index (χ0n) is 15.4. The quantitative estimate of drug-likeness (QED) is 0.542. The van der Waals surface area contributed by atoms with Gasteiger partial charge in [-0.2, -0.15) is 5.10 Å². The van der Waals surface area contributed by atoms with E-state index in [0.717, 1.165) is 11.3 Å². The van der Waals surface area contributed by atoms with Crippen LogP contribution in [0.15, 0.2) is 60.7 Å². The monoisotopic (exact) mass is 371 g/mol. The van der Waals surface area contributed by atoms with Crippen molar-refractivity contribution >= 4 is 17.4 Å². The highest BCUT2D eigenvalue weighted by atomic mass is 16.4. The van der Waals surface area contributed by atoms with Gasteiger partial charge < -0.3 is 5.11 Å². The van der Waals surface area contributed by atoms with E-state index in [1.54, 1.807) is 29.6 Å². The van der Waals surface area contributed by atoms with Crippen molar-refractivity contribution in [2.24, 2.45) is 0 Å². The smallest absolute Gasteiger partial charge is 0.336 e. The molecule has 0 unspecified atom stereocenters. The lowest BCUT2D eigenvalue weighted by Crippen LogP contribution is -2.10. The molecule has 0 fully saturated rings. The van der Waals surface area contributed by atoms with Crippen LogP contribution in [0.25, 0.3) is 28.2 Å². The minimum Gasteiger partial charge on any atom is -0.478 e. The topological polar surface area (TPSA) is 84.6 Å². The molecule has 0 aliphatic carbocycles. The highest BCUT2D eigenvalue weighted by Gasteiger charge is 2.22. The van der Waals surface area contributed by atoms with Crippen molar-refractivity contribution in [3.05, 3.63) is 77.5 Å². The molecule has 2 heterocycles. The molecule has 0 aliphatic heterocycles. The highest BCUT2D eigenvalue weighted by molar-refractivity contribution is 6.04. The average molecular weight is 371 g/mol. The van der Waals surface area contributed by atoms with Gasteiger partial charge in [0.25, 0.3) is 0 Å². The number of ketones is 1. The van der Waals surface area contributed by atoms with Gasteiger partial charge in [-0.15, -0.1) is 0 Å². The number of carbonyl (C=O) groups excluding carboxylic acids is 1. The number of Topliss-reactive ketones (excluding diaryl/α,β-unsaturated/α-hetero) is 1. The summed E-state index contributed by atoms with van der Waals surface area (Å²) < 4.78 is 1.63. The van der Waals surface area contributed by atoms with E-state index in [9.17, 15) is 14.7 Å². The number of carboxylic acid groups (broad SMARTS) is 1. The third-order valence-corrected chi connectivity index (χ3v) is 4.67. The van der Waals surface area contributed by atoms with E-state index in [4.69, 9.17) is 0 Å². The molecular formula is C22H17N3O3. The van der Waals surface area contributed by atoms with E-state index < -0.39 is 5.97 Å². The molecule has 2 aromatic heterocycles. The van der Waals surface area contributed by atoms with Gasteiger partial charge >= 0.3 is 5.97 Å². The molecule has 2 aromatic carbocycles. The number of carboxylic acids is 1. The average Bonchev–Trinajstić information content (AvgIpc) is 3.13. The molecule has 6 heteroatoms. The van der Waals surface area contributed by atoms with Crippen molar-refractivity contribution in [2.75, 3.05) is 0 Å². The first-order valence-electron chi connectivity index (χ1n) is 8.77. The predicted octanol–water partition coefficient (Wildman–Crippen LogP) is 4.27. The molecule has 0 saturated heterocycles. The van der Waals surface area contributed by atoms with Gasteiger partial charge in [-0.3, -0.25) is 4.79 Å². The molecule has 0 amide bonds. The van der Waals surface area contributed by atoms with Gasteiger partial charge in [0.2, 0.25) is 0 Å². The molecule has 0 aliphatic rings. The molecule has 1 N–H and O–H groups in total. The van der Waals surface area contributed by atoms with Crippen LogP contribution in [0, 0.1) is 6.92 Å². The van der Waals surface area contributed by atoms with Gasteiger partial charge in [0.1, 0.15) is 0 Å². The third-order valence-electron chi connectivity index (χ3n) is 4.67. The van der Waals surface area contributed by atoms with Gasteiger partial charge in [0, 0.05) is 17.2 Å². The number of benzene rings is 2. The zero-order valence-corrected chi connectivity index (χ0v) is 15.4. The van der Waals surface area contributed by atoms with Gasteiger partial charge in [-0.05, 0) is 19.9 Å². The molecule has 0 radical (unpaired) electrons. The van der Waals surface area contributed by atoms with Crippen molar-refractivity contribution in [3.63, 3.8) is 0 Å². The lowest BCUT2D eigenvalue weighted by atomic mass is 9.97. The van der Waals surface area contributed by atoms with E-state index in [1.165, 1.54) is 13.0 Å². The van der Waals surface area contributed by atoms with Crippen LogP contribution in [0.1, 0.15) is 33.3 Å². The van der Waals surface area contributed by atoms with E-state index in [0.29, 0.717) is 28.2 Å². The summed E-state index contributed by atoms with van der Waals surface area (Å²) in [5.74, 6) is -1.26. The summed E-state index contributed by atoms with van der Waals surface area (Å²) in [4.78, 5) is 28.8. The molecule has 4 rings (SSSR count). The van der Waals surface area contributed by atoms with Crippen molar-refractivity contribution < 1.29 is 14.7 Å². The Morgan fingerprint density at radius 2 is 1.68 bits per heavy atom. The van der Waals surface area contributed by atoms with Crippen LogP contribution in [0.5, 0.6) is 0 Å². The highest BCUT2D eigenvalue weighted by Crippen LogP contribution is 2.30. The summed E-state index contributed by atoms with van der Waals surface area (Å²) in [6, 6.07) is 18.1. The van der Waals surface area contributed by atoms with Crippen molar-refractivity contribution in [1.29, 1.82) is 0 Å². The lowest BCUT2D eigenvalue weighted by Gasteiger charge is -2.13. The normalized spacial score (nSPS) is 10.9. The van der Waals surface area contributed by atoms with E-state index in [-0.39, 0.29) is 11.3 Å². The fraction of sp³-hybridized carbons (Fsp3) is 0.0909. The summed E-state index contributed by atoms with van der Waals surface area (Å²) in [5.41, 5.74) is 4.07. The summed E-state index contributed by atoms with van der Waals surface area (Å²) in [6.45, 7) is 3.24. The Morgan fingerprint density at radius 3 is 2.36 bits per heavy atom. The second-order valence-corrected chi connectivity index (χ2v) is 6.49. The Hall–Kier alpha value is -3.80. The third kappa shape index (κ3) is 2.85. The molecule has 28 heavy (non-hydrogen) atoms. The Bertz CT molecular complexity index is 1230. The summed E-state index contributed by atoms with van der Waals surface area (Å²) in [6.07, 6.45) is 0. The largest absolute Gasteiger partial charge is 0.478 e. The summed E-state index contributed by atoms with van der Waals surface area (Å²) in [5, 5.41) is 14.2. The number of aryl methyl sites for hydroxylation is 1. The van der Waals surface area contributed by atoms with Gasteiger partial charge in [0.15, 0.2) is 11.4 Å².